The first-order chi connectivity index (χ1) is 14.7. The average molecular weight is 399 g/mol. The second-order valence-corrected chi connectivity index (χ2v) is 7.27. The molecule has 0 saturated carbocycles. The number of carbonyl (C=O) groups is 1. The molecule has 4 rings (SSSR count). The Morgan fingerprint density at radius 2 is 1.63 bits per heavy atom. The van der Waals surface area contributed by atoms with E-state index >= 15 is 0 Å². The summed E-state index contributed by atoms with van der Waals surface area (Å²) in [5.41, 5.74) is 7.47. The number of aryl methyl sites for hydroxylation is 1. The molecule has 0 spiro atoms. The molecule has 1 heterocycles. The summed E-state index contributed by atoms with van der Waals surface area (Å²) >= 11 is 0. The smallest absolute Gasteiger partial charge is 0.267 e. The number of amides is 1. The zero-order valence-electron chi connectivity index (χ0n) is 16.9. The number of hydroxylamine groups is 1. The molecule has 0 aliphatic carbocycles. The number of rotatable bonds is 7. The number of nitrogens with zero attached hydrogens (tertiary/aromatic N) is 1. The lowest BCUT2D eigenvalue weighted by atomic mass is 10.1. The Balaban J connectivity index is 1.43. The van der Waals surface area contributed by atoms with E-state index in [-0.39, 0.29) is 0 Å². The fraction of sp³-hybridized carbons (Fsp3) is 0.160. The van der Waals surface area contributed by atoms with Crippen molar-refractivity contribution < 1.29 is 10.0 Å². The average Bonchev–Trinajstić information content (AvgIpc) is 3.11. The summed E-state index contributed by atoms with van der Waals surface area (Å²) in [4.78, 5) is 11.0. The molecular weight excluding hydrogens is 374 g/mol. The molecule has 4 aromatic rings. The van der Waals surface area contributed by atoms with Gasteiger partial charge in [-0.25, -0.2) is 5.48 Å². The molecule has 3 N–H and O–H groups in total. The highest BCUT2D eigenvalue weighted by atomic mass is 16.5. The molecule has 0 aliphatic rings. The van der Waals surface area contributed by atoms with Gasteiger partial charge in [-0.15, -0.1) is 0 Å². The maximum atomic E-state index is 11.0. The number of hydrogen-bond acceptors (Lipinski definition) is 3. The first-order valence-corrected chi connectivity index (χ1v) is 10.1. The van der Waals surface area contributed by atoms with Gasteiger partial charge in [0, 0.05) is 47.5 Å². The van der Waals surface area contributed by atoms with Crippen molar-refractivity contribution in [2.45, 2.75) is 26.6 Å². The predicted molar refractivity (Wildman–Crippen MR) is 121 cm³/mol. The lowest BCUT2D eigenvalue weighted by Crippen LogP contribution is -2.14. The van der Waals surface area contributed by atoms with Gasteiger partial charge in [-0.3, -0.25) is 10.0 Å². The highest BCUT2D eigenvalue weighted by Gasteiger charge is 2.09. The Morgan fingerprint density at radius 1 is 0.933 bits per heavy atom. The number of carbonyl (C=O) groups excluding carboxylic acids is 1. The number of nitrogens with one attached hydrogen (secondary N) is 2. The minimum absolute atomic E-state index is 0.542. The van der Waals surface area contributed by atoms with Crippen LogP contribution in [0.3, 0.4) is 0 Å². The normalized spacial score (nSPS) is 11.5. The van der Waals surface area contributed by atoms with Gasteiger partial charge in [0.05, 0.1) is 0 Å². The predicted octanol–water partition coefficient (Wildman–Crippen LogP) is 4.62. The lowest BCUT2D eigenvalue weighted by molar-refractivity contribution is -0.124. The summed E-state index contributed by atoms with van der Waals surface area (Å²) in [5, 5.41) is 14.6. The Kier molecular flexibility index (Phi) is 5.93. The summed E-state index contributed by atoms with van der Waals surface area (Å²) in [6, 6.07) is 23.2. The Bertz CT molecular complexity index is 1210. The summed E-state index contributed by atoms with van der Waals surface area (Å²) < 4.78 is 2.37. The van der Waals surface area contributed by atoms with Crippen LogP contribution in [0.2, 0.25) is 0 Å². The second-order valence-electron chi connectivity index (χ2n) is 7.27. The molecule has 30 heavy (non-hydrogen) atoms. The maximum absolute atomic E-state index is 11.0. The number of para-hydroxylation sites is 1. The van der Waals surface area contributed by atoms with Crippen LogP contribution in [-0.4, -0.2) is 15.7 Å². The quantitative estimate of drug-likeness (QED) is 0.241. The van der Waals surface area contributed by atoms with Crippen molar-refractivity contribution in [3.63, 3.8) is 0 Å². The molecule has 1 amide bonds. The third kappa shape index (κ3) is 4.13. The van der Waals surface area contributed by atoms with Gasteiger partial charge in [-0.1, -0.05) is 54.6 Å². The van der Waals surface area contributed by atoms with Gasteiger partial charge in [-0.05, 0) is 41.8 Å². The zero-order chi connectivity index (χ0) is 20.9. The standard InChI is InChI=1S/C25H25N3O2/c1-2-28-23-6-4-3-5-21(23)22-13-11-20(15-24(22)28)17-26-16-19-9-7-18(8-10-19)12-14-25(29)27-30/h3-15,26,30H,2,16-17H2,1H3,(H,27,29)/b14-12+. The van der Waals surface area contributed by atoms with Gasteiger partial charge >= 0.3 is 0 Å². The van der Waals surface area contributed by atoms with Gasteiger partial charge in [0.2, 0.25) is 0 Å². The molecular formula is C25H25N3O2. The van der Waals surface area contributed by atoms with Crippen molar-refractivity contribution in [1.82, 2.24) is 15.4 Å². The molecule has 152 valence electrons. The van der Waals surface area contributed by atoms with E-state index in [2.05, 4.69) is 59.3 Å². The van der Waals surface area contributed by atoms with Crippen molar-refractivity contribution >= 4 is 33.8 Å². The highest BCUT2D eigenvalue weighted by Crippen LogP contribution is 2.29. The molecule has 0 bridgehead atoms. The van der Waals surface area contributed by atoms with E-state index < -0.39 is 5.91 Å². The molecule has 0 atom stereocenters. The van der Waals surface area contributed by atoms with Crippen molar-refractivity contribution in [3.8, 4) is 0 Å². The van der Waals surface area contributed by atoms with Crippen LogP contribution >= 0.6 is 0 Å². The first-order valence-electron chi connectivity index (χ1n) is 10.1. The number of aromatic nitrogens is 1. The Labute approximate surface area is 175 Å². The van der Waals surface area contributed by atoms with Crippen molar-refractivity contribution in [2.75, 3.05) is 0 Å². The Hall–Kier alpha value is -3.41. The third-order valence-corrected chi connectivity index (χ3v) is 5.33. The van der Waals surface area contributed by atoms with Crippen LogP contribution in [-0.2, 0) is 24.4 Å². The van der Waals surface area contributed by atoms with E-state index in [9.17, 15) is 4.79 Å². The van der Waals surface area contributed by atoms with Gasteiger partial charge in [0.1, 0.15) is 0 Å². The second kappa shape index (κ2) is 8.95. The highest BCUT2D eigenvalue weighted by molar-refractivity contribution is 6.08. The summed E-state index contributed by atoms with van der Waals surface area (Å²) in [5.74, 6) is -0.542. The van der Waals surface area contributed by atoms with E-state index in [1.807, 2.05) is 24.3 Å². The number of benzene rings is 3. The molecule has 0 unspecified atom stereocenters. The number of hydrogen-bond donors (Lipinski definition) is 3. The van der Waals surface area contributed by atoms with Crippen LogP contribution in [0.1, 0.15) is 23.6 Å². The van der Waals surface area contributed by atoms with E-state index in [4.69, 9.17) is 5.21 Å². The van der Waals surface area contributed by atoms with E-state index in [0.29, 0.717) is 0 Å². The monoisotopic (exact) mass is 399 g/mol. The van der Waals surface area contributed by atoms with Crippen LogP contribution in [0.5, 0.6) is 0 Å². The van der Waals surface area contributed by atoms with Gasteiger partial charge in [0.25, 0.3) is 5.91 Å². The molecule has 5 nitrogen and oxygen atoms in total. The van der Waals surface area contributed by atoms with Crippen molar-refractivity contribution in [2.24, 2.45) is 0 Å². The van der Waals surface area contributed by atoms with Crippen LogP contribution in [0.4, 0.5) is 0 Å². The fourth-order valence-electron chi connectivity index (χ4n) is 3.85. The Morgan fingerprint density at radius 3 is 2.40 bits per heavy atom. The minimum atomic E-state index is -0.542. The van der Waals surface area contributed by atoms with E-state index in [1.54, 1.807) is 11.6 Å². The lowest BCUT2D eigenvalue weighted by Gasteiger charge is -2.08. The van der Waals surface area contributed by atoms with Crippen LogP contribution < -0.4 is 10.8 Å². The van der Waals surface area contributed by atoms with Gasteiger partial charge < -0.3 is 9.88 Å². The zero-order valence-corrected chi connectivity index (χ0v) is 16.9. The first kappa shape index (κ1) is 19.9. The van der Waals surface area contributed by atoms with Gasteiger partial charge in [0.15, 0.2) is 0 Å². The summed E-state index contributed by atoms with van der Waals surface area (Å²) in [7, 11) is 0. The summed E-state index contributed by atoms with van der Waals surface area (Å²) in [6.07, 6.45) is 2.95. The van der Waals surface area contributed by atoms with Crippen molar-refractivity contribution in [1.29, 1.82) is 0 Å². The molecule has 0 aliphatic heterocycles. The third-order valence-electron chi connectivity index (χ3n) is 5.33. The SMILES string of the molecule is CCn1c2ccccc2c2ccc(CNCc3ccc(/C=C/C(=O)NO)cc3)cc21. The van der Waals surface area contributed by atoms with Crippen LogP contribution in [0.25, 0.3) is 27.9 Å². The van der Waals surface area contributed by atoms with Crippen LogP contribution in [0.15, 0.2) is 72.8 Å². The largest absolute Gasteiger partial charge is 0.341 e. The molecule has 1 aromatic heterocycles. The molecule has 0 saturated heterocycles. The van der Waals surface area contributed by atoms with Gasteiger partial charge in [-0.2, -0.15) is 0 Å². The molecule has 5 heteroatoms. The fourth-order valence-corrected chi connectivity index (χ4v) is 3.85. The topological polar surface area (TPSA) is 66.3 Å². The van der Waals surface area contributed by atoms with E-state index in [0.717, 1.165) is 25.2 Å². The number of fused-ring (bicyclic) bond motifs is 3. The van der Waals surface area contributed by atoms with E-state index in [1.165, 1.54) is 39.0 Å². The molecule has 0 fully saturated rings. The van der Waals surface area contributed by atoms with Crippen LogP contribution in [0, 0.1) is 0 Å². The molecule has 3 aromatic carbocycles. The summed E-state index contributed by atoms with van der Waals surface area (Å²) in [6.45, 7) is 4.68. The molecule has 0 radical (unpaired) electrons. The maximum Gasteiger partial charge on any atom is 0.267 e. The van der Waals surface area contributed by atoms with Crippen molar-refractivity contribution in [3.05, 3.63) is 89.5 Å². The minimum Gasteiger partial charge on any atom is -0.341 e.